The monoisotopic (exact) mass is 300 g/mol. The molecule has 0 aromatic heterocycles. The van der Waals surface area contributed by atoms with Crippen molar-refractivity contribution in [2.24, 2.45) is 0 Å². The Bertz CT molecular complexity index is 462. The zero-order valence-corrected chi connectivity index (χ0v) is 11.7. The van der Waals surface area contributed by atoms with E-state index in [-0.39, 0.29) is 11.7 Å². The zero-order chi connectivity index (χ0) is 15.2. The van der Waals surface area contributed by atoms with E-state index in [0.717, 1.165) is 26.2 Å². The van der Waals surface area contributed by atoms with Crippen LogP contribution in [0.4, 0.5) is 8.78 Å². The highest BCUT2D eigenvalue weighted by Gasteiger charge is 2.29. The number of carbonyl (C=O) groups is 1. The predicted octanol–water partition coefficient (Wildman–Crippen LogP) is 1.41. The number of halogens is 2. The van der Waals surface area contributed by atoms with Crippen LogP contribution in [0.5, 0.6) is 5.75 Å². The Morgan fingerprint density at radius 2 is 1.86 bits per heavy atom. The lowest BCUT2D eigenvalue weighted by Crippen LogP contribution is -2.47. The molecule has 1 heterocycles. The minimum absolute atomic E-state index is 0.0673. The molecule has 1 N–H and O–H groups in total. The maximum absolute atomic E-state index is 12.1. The maximum atomic E-state index is 12.1. The van der Waals surface area contributed by atoms with Crippen LogP contribution in [-0.2, 0) is 9.53 Å². The third-order valence-electron chi connectivity index (χ3n) is 3.36. The summed E-state index contributed by atoms with van der Waals surface area (Å²) < 4.78 is 33.5. The first-order valence-corrected chi connectivity index (χ1v) is 6.69. The number of nitrogens with zero attached hydrogens (tertiary/aromatic N) is 1. The molecule has 1 aromatic carbocycles. The molecule has 1 aromatic rings. The number of hydrogen-bond acceptors (Lipinski definition) is 5. The van der Waals surface area contributed by atoms with E-state index in [0.29, 0.717) is 5.56 Å². The summed E-state index contributed by atoms with van der Waals surface area (Å²) in [4.78, 5) is 14.0. The van der Waals surface area contributed by atoms with Crippen molar-refractivity contribution in [3.05, 3.63) is 29.8 Å². The highest BCUT2D eigenvalue weighted by molar-refractivity contribution is 5.77. The second-order valence-electron chi connectivity index (χ2n) is 4.66. The largest absolute Gasteiger partial charge is 0.468 e. The van der Waals surface area contributed by atoms with Gasteiger partial charge in [0.15, 0.2) is 0 Å². The molecule has 1 saturated heterocycles. The van der Waals surface area contributed by atoms with Gasteiger partial charge in [-0.15, -0.1) is 0 Å². The van der Waals surface area contributed by atoms with Crippen molar-refractivity contribution < 1.29 is 23.0 Å². The molecule has 7 heteroatoms. The minimum Gasteiger partial charge on any atom is -0.468 e. The third-order valence-corrected chi connectivity index (χ3v) is 3.36. The van der Waals surface area contributed by atoms with Crippen LogP contribution in [0.3, 0.4) is 0 Å². The van der Waals surface area contributed by atoms with E-state index in [1.54, 1.807) is 12.1 Å². The molecule has 1 atom stereocenters. The first-order valence-electron chi connectivity index (χ1n) is 6.69. The number of rotatable bonds is 5. The van der Waals surface area contributed by atoms with Crippen LogP contribution in [0.15, 0.2) is 24.3 Å². The van der Waals surface area contributed by atoms with Gasteiger partial charge >= 0.3 is 12.6 Å². The molecule has 0 spiro atoms. The lowest BCUT2D eigenvalue weighted by molar-refractivity contribution is -0.147. The standard InChI is InChI=1S/C14H18F2N2O3/c1-20-13(19)12(18-8-6-17-7-9-18)10-2-4-11(5-3-10)21-14(15)16/h2-5,12,14,17H,6-9H2,1H3. The number of piperazine rings is 1. The second-order valence-corrected chi connectivity index (χ2v) is 4.66. The summed E-state index contributed by atoms with van der Waals surface area (Å²) in [5.41, 5.74) is 0.699. The molecule has 2 rings (SSSR count). The summed E-state index contributed by atoms with van der Waals surface area (Å²) in [6.07, 6.45) is 0. The molecule has 0 radical (unpaired) electrons. The van der Waals surface area contributed by atoms with E-state index in [4.69, 9.17) is 4.74 Å². The highest BCUT2D eigenvalue weighted by Crippen LogP contribution is 2.25. The first kappa shape index (κ1) is 15.7. The van der Waals surface area contributed by atoms with Gasteiger partial charge in [0, 0.05) is 26.2 Å². The molecule has 1 unspecified atom stereocenters. The molecule has 1 aliphatic heterocycles. The number of ether oxygens (including phenoxy) is 2. The Kier molecular flexibility index (Phi) is 5.46. The molecule has 1 aliphatic rings. The zero-order valence-electron chi connectivity index (χ0n) is 11.7. The van der Waals surface area contributed by atoms with Gasteiger partial charge in [-0.1, -0.05) is 12.1 Å². The van der Waals surface area contributed by atoms with E-state index in [1.807, 2.05) is 4.90 Å². The quantitative estimate of drug-likeness (QED) is 0.833. The van der Waals surface area contributed by atoms with Crippen molar-refractivity contribution in [1.29, 1.82) is 0 Å². The number of benzene rings is 1. The van der Waals surface area contributed by atoms with Gasteiger partial charge in [0.2, 0.25) is 0 Å². The van der Waals surface area contributed by atoms with Gasteiger partial charge in [-0.2, -0.15) is 8.78 Å². The predicted molar refractivity (Wildman–Crippen MR) is 72.3 cm³/mol. The maximum Gasteiger partial charge on any atom is 0.387 e. The molecule has 0 aliphatic carbocycles. The van der Waals surface area contributed by atoms with Crippen molar-refractivity contribution in [3.8, 4) is 5.75 Å². The Morgan fingerprint density at radius 1 is 1.24 bits per heavy atom. The number of alkyl halides is 2. The van der Waals surface area contributed by atoms with E-state index in [1.165, 1.54) is 19.2 Å². The topological polar surface area (TPSA) is 50.8 Å². The van der Waals surface area contributed by atoms with Crippen molar-refractivity contribution >= 4 is 5.97 Å². The molecular formula is C14H18F2N2O3. The summed E-state index contributed by atoms with van der Waals surface area (Å²) in [6.45, 7) is 0.157. The Hall–Kier alpha value is -1.73. The van der Waals surface area contributed by atoms with Gasteiger partial charge in [0.1, 0.15) is 11.8 Å². The Labute approximate surface area is 121 Å². The molecule has 0 saturated carbocycles. The van der Waals surface area contributed by atoms with Crippen LogP contribution in [0, 0.1) is 0 Å². The Morgan fingerprint density at radius 3 is 2.38 bits per heavy atom. The lowest BCUT2D eigenvalue weighted by Gasteiger charge is -2.33. The number of esters is 1. The van der Waals surface area contributed by atoms with Crippen LogP contribution < -0.4 is 10.1 Å². The van der Waals surface area contributed by atoms with Crippen molar-refractivity contribution in [1.82, 2.24) is 10.2 Å². The summed E-state index contributed by atoms with van der Waals surface area (Å²) in [5, 5.41) is 3.21. The van der Waals surface area contributed by atoms with Crippen LogP contribution >= 0.6 is 0 Å². The van der Waals surface area contributed by atoms with Gasteiger partial charge in [-0.25, -0.2) is 4.79 Å². The smallest absolute Gasteiger partial charge is 0.387 e. The minimum atomic E-state index is -2.86. The third kappa shape index (κ3) is 4.12. The summed E-state index contributed by atoms with van der Waals surface area (Å²) in [6, 6.07) is 5.56. The molecule has 0 amide bonds. The summed E-state index contributed by atoms with van der Waals surface area (Å²) in [7, 11) is 1.34. The van der Waals surface area contributed by atoms with Gasteiger partial charge in [-0.05, 0) is 17.7 Å². The van der Waals surface area contributed by atoms with Crippen molar-refractivity contribution in [2.45, 2.75) is 12.7 Å². The molecule has 5 nitrogen and oxygen atoms in total. The average Bonchev–Trinajstić information content (AvgIpc) is 2.49. The van der Waals surface area contributed by atoms with Gasteiger partial charge < -0.3 is 14.8 Å². The SMILES string of the molecule is COC(=O)C(c1ccc(OC(F)F)cc1)N1CCNCC1. The van der Waals surface area contributed by atoms with Gasteiger partial charge in [0.25, 0.3) is 0 Å². The van der Waals surface area contributed by atoms with Crippen LogP contribution in [0.1, 0.15) is 11.6 Å². The van der Waals surface area contributed by atoms with Crippen LogP contribution in [0.25, 0.3) is 0 Å². The normalized spacial score (nSPS) is 17.5. The van der Waals surface area contributed by atoms with Gasteiger partial charge in [0.05, 0.1) is 7.11 Å². The average molecular weight is 300 g/mol. The summed E-state index contributed by atoms with van der Waals surface area (Å²) >= 11 is 0. The fourth-order valence-electron chi connectivity index (χ4n) is 2.38. The van der Waals surface area contributed by atoms with E-state index >= 15 is 0 Å². The lowest BCUT2D eigenvalue weighted by atomic mass is 10.0. The first-order chi connectivity index (χ1) is 10.1. The van der Waals surface area contributed by atoms with Crippen molar-refractivity contribution in [3.63, 3.8) is 0 Å². The molecule has 21 heavy (non-hydrogen) atoms. The van der Waals surface area contributed by atoms with Crippen molar-refractivity contribution in [2.75, 3.05) is 33.3 Å². The fraction of sp³-hybridized carbons (Fsp3) is 0.500. The van der Waals surface area contributed by atoms with E-state index in [2.05, 4.69) is 10.1 Å². The molecule has 1 fully saturated rings. The highest BCUT2D eigenvalue weighted by atomic mass is 19.3. The van der Waals surface area contributed by atoms with E-state index in [9.17, 15) is 13.6 Å². The second kappa shape index (κ2) is 7.33. The van der Waals surface area contributed by atoms with E-state index < -0.39 is 12.7 Å². The number of nitrogens with one attached hydrogen (secondary N) is 1. The molecule has 116 valence electrons. The molecular weight excluding hydrogens is 282 g/mol. The van der Waals surface area contributed by atoms with Crippen LogP contribution in [-0.4, -0.2) is 50.8 Å². The number of methoxy groups -OCH3 is 1. The van der Waals surface area contributed by atoms with Gasteiger partial charge in [-0.3, -0.25) is 4.90 Å². The fourth-order valence-corrected chi connectivity index (χ4v) is 2.38. The summed E-state index contributed by atoms with van der Waals surface area (Å²) in [5.74, 6) is -0.294. The van der Waals surface area contributed by atoms with Crippen LogP contribution in [0.2, 0.25) is 0 Å². The molecule has 0 bridgehead atoms. The Balaban J connectivity index is 2.17. The number of carbonyl (C=O) groups excluding carboxylic acids is 1. The number of hydrogen-bond donors (Lipinski definition) is 1.